The van der Waals surface area contributed by atoms with E-state index in [-0.39, 0.29) is 0 Å². The molecule has 1 fully saturated rings. The molecule has 1 saturated carbocycles. The van der Waals surface area contributed by atoms with Crippen molar-refractivity contribution in [3.8, 4) is 6.07 Å². The topological polar surface area (TPSA) is 39.1 Å². The molecule has 0 bridgehead atoms. The summed E-state index contributed by atoms with van der Waals surface area (Å²) in [4.78, 5) is 2.27. The SMILES string of the molecule is CC(C)CNCc1ccc(N(C)C(C)C2CC2)c(C#N)c1. The summed E-state index contributed by atoms with van der Waals surface area (Å²) < 4.78 is 0. The monoisotopic (exact) mass is 285 g/mol. The van der Waals surface area contributed by atoms with Crippen LogP contribution in [0.3, 0.4) is 0 Å². The Kier molecular flexibility index (Phi) is 5.25. The molecule has 0 aliphatic heterocycles. The number of rotatable bonds is 7. The Morgan fingerprint density at radius 1 is 1.33 bits per heavy atom. The number of nitrogens with zero attached hydrogens (tertiary/aromatic N) is 2. The second-order valence-corrected chi connectivity index (χ2v) is 6.68. The molecule has 0 spiro atoms. The maximum atomic E-state index is 9.44. The lowest BCUT2D eigenvalue weighted by atomic mass is 10.1. The number of hydrogen-bond acceptors (Lipinski definition) is 3. The van der Waals surface area contributed by atoms with Crippen LogP contribution in [0.1, 0.15) is 44.7 Å². The minimum Gasteiger partial charge on any atom is -0.371 e. The molecule has 3 nitrogen and oxygen atoms in total. The molecule has 1 atom stereocenters. The van der Waals surface area contributed by atoms with Crippen LogP contribution >= 0.6 is 0 Å². The van der Waals surface area contributed by atoms with Crippen LogP contribution in [0.25, 0.3) is 0 Å². The van der Waals surface area contributed by atoms with Crippen LogP contribution in [-0.4, -0.2) is 19.6 Å². The van der Waals surface area contributed by atoms with E-state index in [9.17, 15) is 5.26 Å². The largest absolute Gasteiger partial charge is 0.371 e. The molecule has 1 aromatic carbocycles. The van der Waals surface area contributed by atoms with Crippen LogP contribution in [0.4, 0.5) is 5.69 Å². The fraction of sp³-hybridized carbons (Fsp3) is 0.611. The first-order chi connectivity index (χ1) is 10.0. The van der Waals surface area contributed by atoms with E-state index < -0.39 is 0 Å². The Balaban J connectivity index is 2.07. The van der Waals surface area contributed by atoms with Crippen molar-refractivity contribution in [3.05, 3.63) is 29.3 Å². The van der Waals surface area contributed by atoms with Gasteiger partial charge >= 0.3 is 0 Å². The van der Waals surface area contributed by atoms with Gasteiger partial charge in [0.15, 0.2) is 0 Å². The molecule has 3 heteroatoms. The molecule has 114 valence electrons. The molecule has 0 amide bonds. The van der Waals surface area contributed by atoms with Crippen LogP contribution in [0.5, 0.6) is 0 Å². The summed E-state index contributed by atoms with van der Waals surface area (Å²) in [5.74, 6) is 1.44. The Bertz CT molecular complexity index is 512. The maximum absolute atomic E-state index is 9.44. The van der Waals surface area contributed by atoms with Crippen molar-refractivity contribution in [1.29, 1.82) is 5.26 Å². The third-order valence-corrected chi connectivity index (χ3v) is 4.36. The zero-order valence-corrected chi connectivity index (χ0v) is 13.7. The molecule has 2 rings (SSSR count). The lowest BCUT2D eigenvalue weighted by Gasteiger charge is -2.28. The summed E-state index contributed by atoms with van der Waals surface area (Å²) in [5.41, 5.74) is 3.03. The maximum Gasteiger partial charge on any atom is 0.101 e. The van der Waals surface area contributed by atoms with Gasteiger partial charge in [0.05, 0.1) is 11.3 Å². The average Bonchev–Trinajstić information content (AvgIpc) is 3.29. The van der Waals surface area contributed by atoms with Gasteiger partial charge in [-0.2, -0.15) is 5.26 Å². The van der Waals surface area contributed by atoms with Crippen molar-refractivity contribution < 1.29 is 0 Å². The summed E-state index contributed by atoms with van der Waals surface area (Å²) in [5, 5.41) is 12.9. The number of benzene rings is 1. The molecular weight excluding hydrogens is 258 g/mol. The van der Waals surface area contributed by atoms with Crippen molar-refractivity contribution in [2.45, 2.75) is 46.2 Å². The Labute approximate surface area is 129 Å². The van der Waals surface area contributed by atoms with E-state index in [1.54, 1.807) is 0 Å². The molecule has 1 aromatic rings. The Morgan fingerprint density at radius 2 is 2.05 bits per heavy atom. The highest BCUT2D eigenvalue weighted by Gasteiger charge is 2.31. The normalized spacial score (nSPS) is 15.8. The summed E-state index contributed by atoms with van der Waals surface area (Å²) in [6, 6.07) is 9.14. The van der Waals surface area contributed by atoms with Gasteiger partial charge in [-0.25, -0.2) is 0 Å². The fourth-order valence-corrected chi connectivity index (χ4v) is 2.71. The van der Waals surface area contributed by atoms with Gasteiger partial charge in [0, 0.05) is 19.6 Å². The van der Waals surface area contributed by atoms with Crippen molar-refractivity contribution in [1.82, 2.24) is 5.32 Å². The van der Waals surface area contributed by atoms with Gasteiger partial charge in [0.1, 0.15) is 6.07 Å². The second-order valence-electron chi connectivity index (χ2n) is 6.68. The van der Waals surface area contributed by atoms with E-state index in [4.69, 9.17) is 0 Å². The lowest BCUT2D eigenvalue weighted by molar-refractivity contribution is 0.552. The van der Waals surface area contributed by atoms with Crippen LogP contribution < -0.4 is 10.2 Å². The van der Waals surface area contributed by atoms with E-state index in [0.717, 1.165) is 30.3 Å². The molecule has 1 unspecified atom stereocenters. The van der Waals surface area contributed by atoms with Crippen molar-refractivity contribution in [3.63, 3.8) is 0 Å². The molecule has 21 heavy (non-hydrogen) atoms. The molecule has 0 saturated heterocycles. The van der Waals surface area contributed by atoms with Crippen LogP contribution in [0.15, 0.2) is 18.2 Å². The quantitative estimate of drug-likeness (QED) is 0.833. The molecule has 1 aliphatic rings. The molecular formula is C18H27N3. The summed E-state index contributed by atoms with van der Waals surface area (Å²) in [6.45, 7) is 8.49. The summed E-state index contributed by atoms with van der Waals surface area (Å²) >= 11 is 0. The van der Waals surface area contributed by atoms with Gasteiger partial charge in [0.2, 0.25) is 0 Å². The van der Waals surface area contributed by atoms with E-state index in [1.165, 1.54) is 18.4 Å². The lowest BCUT2D eigenvalue weighted by Crippen LogP contribution is -2.31. The third kappa shape index (κ3) is 4.22. The van der Waals surface area contributed by atoms with Gasteiger partial charge in [-0.05, 0) is 55.8 Å². The molecule has 0 aromatic heterocycles. The fourth-order valence-electron chi connectivity index (χ4n) is 2.71. The zero-order chi connectivity index (χ0) is 15.4. The Hall–Kier alpha value is -1.53. The van der Waals surface area contributed by atoms with Crippen molar-refractivity contribution >= 4 is 5.69 Å². The number of hydrogen-bond donors (Lipinski definition) is 1. The van der Waals surface area contributed by atoms with E-state index in [2.05, 4.69) is 56.2 Å². The molecule has 1 N–H and O–H groups in total. The van der Waals surface area contributed by atoms with Crippen molar-refractivity contribution in [2.75, 3.05) is 18.5 Å². The standard InChI is InChI=1S/C18H27N3/c1-13(2)11-20-12-15-5-8-18(17(9-15)10-19)21(4)14(3)16-6-7-16/h5,8-9,13-14,16,20H,6-7,11-12H2,1-4H3. The van der Waals surface area contributed by atoms with Crippen LogP contribution in [-0.2, 0) is 6.54 Å². The van der Waals surface area contributed by atoms with Gasteiger partial charge in [-0.1, -0.05) is 19.9 Å². The highest BCUT2D eigenvalue weighted by atomic mass is 15.1. The highest BCUT2D eigenvalue weighted by molar-refractivity contribution is 5.60. The summed E-state index contributed by atoms with van der Waals surface area (Å²) in [7, 11) is 2.11. The third-order valence-electron chi connectivity index (χ3n) is 4.36. The summed E-state index contributed by atoms with van der Waals surface area (Å²) in [6.07, 6.45) is 2.65. The van der Waals surface area contributed by atoms with Gasteiger partial charge in [-0.15, -0.1) is 0 Å². The smallest absolute Gasteiger partial charge is 0.101 e. The first-order valence-electron chi connectivity index (χ1n) is 7.99. The number of nitrogens with one attached hydrogen (secondary N) is 1. The second kappa shape index (κ2) is 6.95. The molecule has 1 aliphatic carbocycles. The minimum absolute atomic E-state index is 0.516. The number of anilines is 1. The molecule has 0 heterocycles. The minimum atomic E-state index is 0.516. The average molecular weight is 285 g/mol. The van der Waals surface area contributed by atoms with E-state index in [1.807, 2.05) is 6.07 Å². The number of nitriles is 1. The first kappa shape index (κ1) is 15.9. The van der Waals surface area contributed by atoms with E-state index in [0.29, 0.717) is 12.0 Å². The van der Waals surface area contributed by atoms with Gasteiger partial charge in [0.25, 0.3) is 0 Å². The molecule has 0 radical (unpaired) electrons. The Morgan fingerprint density at radius 3 is 2.62 bits per heavy atom. The van der Waals surface area contributed by atoms with Crippen LogP contribution in [0, 0.1) is 23.2 Å². The van der Waals surface area contributed by atoms with Crippen molar-refractivity contribution in [2.24, 2.45) is 11.8 Å². The van der Waals surface area contributed by atoms with Gasteiger partial charge in [-0.3, -0.25) is 0 Å². The highest BCUT2D eigenvalue weighted by Crippen LogP contribution is 2.37. The zero-order valence-electron chi connectivity index (χ0n) is 13.7. The van der Waals surface area contributed by atoms with E-state index >= 15 is 0 Å². The predicted molar refractivity (Wildman–Crippen MR) is 88.3 cm³/mol. The van der Waals surface area contributed by atoms with Gasteiger partial charge < -0.3 is 10.2 Å². The first-order valence-corrected chi connectivity index (χ1v) is 7.99. The van der Waals surface area contributed by atoms with Crippen LogP contribution in [0.2, 0.25) is 0 Å². The predicted octanol–water partition coefficient (Wildman–Crippen LogP) is 3.54.